The minimum atomic E-state index is -0.773. The summed E-state index contributed by atoms with van der Waals surface area (Å²) >= 11 is 5.90. The predicted octanol–water partition coefficient (Wildman–Crippen LogP) is 4.57. The summed E-state index contributed by atoms with van der Waals surface area (Å²) in [5.74, 6) is -1.07. The molecule has 0 saturated carbocycles. The zero-order valence-electron chi connectivity index (χ0n) is 18.1. The van der Waals surface area contributed by atoms with Crippen LogP contribution >= 0.6 is 11.6 Å². The molecule has 0 radical (unpaired) electrons. The van der Waals surface area contributed by atoms with Gasteiger partial charge in [-0.15, -0.1) is 6.58 Å². The van der Waals surface area contributed by atoms with Gasteiger partial charge in [0.1, 0.15) is 24.1 Å². The normalized spacial score (nSPS) is 11.6. The van der Waals surface area contributed by atoms with Crippen molar-refractivity contribution in [3.63, 3.8) is 0 Å². The Morgan fingerprint density at radius 1 is 1.18 bits per heavy atom. The number of ether oxygens (including phenoxy) is 1. The quantitative estimate of drug-likeness (QED) is 0.364. The molecule has 3 rings (SSSR count). The summed E-state index contributed by atoms with van der Waals surface area (Å²) in [7, 11) is 0. The van der Waals surface area contributed by atoms with Gasteiger partial charge in [0.15, 0.2) is 0 Å². The van der Waals surface area contributed by atoms with Crippen LogP contribution in [0.1, 0.15) is 12.0 Å². The summed E-state index contributed by atoms with van der Waals surface area (Å²) in [6.45, 7) is 3.69. The third-order valence-corrected chi connectivity index (χ3v) is 5.20. The van der Waals surface area contributed by atoms with E-state index in [1.807, 2.05) is 0 Å². The van der Waals surface area contributed by atoms with Gasteiger partial charge in [0.05, 0.1) is 17.6 Å². The Morgan fingerprint density at radius 2 is 2.00 bits per heavy atom. The molecule has 0 saturated heterocycles. The number of carbonyl (C=O) groups is 2. The fraction of sp³-hybridized carbons (Fsp3) is 0.208. The molecule has 1 atom stereocenters. The Hall–Kier alpha value is -3.56. The monoisotopic (exact) mass is 488 g/mol. The second kappa shape index (κ2) is 12.1. The Labute approximate surface area is 200 Å². The first-order valence-electron chi connectivity index (χ1n) is 10.4. The highest BCUT2D eigenvalue weighted by Crippen LogP contribution is 2.19. The van der Waals surface area contributed by atoms with Crippen molar-refractivity contribution in [1.29, 1.82) is 0 Å². The molecule has 0 fully saturated rings. The van der Waals surface area contributed by atoms with Gasteiger partial charge in [-0.3, -0.25) is 10.1 Å². The lowest BCUT2D eigenvalue weighted by molar-refractivity contribution is -0.121. The fourth-order valence-electron chi connectivity index (χ4n) is 3.14. The number of carbonyl (C=O) groups excluding carboxylic acids is 2. The number of nitrogens with one attached hydrogen (secondary N) is 3. The molecule has 3 N–H and O–H groups in total. The first-order valence-corrected chi connectivity index (χ1v) is 10.8. The summed E-state index contributed by atoms with van der Waals surface area (Å²) in [6, 6.07) is 9.71. The maximum Gasteiger partial charge on any atom is 0.412 e. The number of nitrogens with zero attached hydrogens (tertiary/aromatic N) is 1. The largest absolute Gasteiger partial charge is 0.447 e. The molecular formula is C24H23ClF2N4O3. The molecule has 0 aliphatic heterocycles. The highest BCUT2D eigenvalue weighted by Gasteiger charge is 2.15. The van der Waals surface area contributed by atoms with Crippen molar-refractivity contribution in [2.24, 2.45) is 0 Å². The highest BCUT2D eigenvalue weighted by molar-refractivity contribution is 6.31. The maximum absolute atomic E-state index is 13.5. The lowest BCUT2D eigenvalue weighted by Gasteiger charge is -2.18. The van der Waals surface area contributed by atoms with Gasteiger partial charge < -0.3 is 15.4 Å². The smallest absolute Gasteiger partial charge is 0.412 e. The molecule has 3 aromatic rings. The first kappa shape index (κ1) is 25.1. The van der Waals surface area contributed by atoms with Crippen LogP contribution in [0.4, 0.5) is 19.4 Å². The lowest BCUT2D eigenvalue weighted by Crippen LogP contribution is -2.43. The van der Waals surface area contributed by atoms with Gasteiger partial charge in [-0.25, -0.2) is 18.6 Å². The van der Waals surface area contributed by atoms with Gasteiger partial charge in [-0.1, -0.05) is 29.8 Å². The predicted molar refractivity (Wildman–Crippen MR) is 127 cm³/mol. The van der Waals surface area contributed by atoms with Crippen molar-refractivity contribution in [2.45, 2.75) is 19.0 Å². The summed E-state index contributed by atoms with van der Waals surface area (Å²) in [5, 5.41) is 9.41. The number of hydrogen-bond acceptors (Lipinski definition) is 5. The lowest BCUT2D eigenvalue weighted by atomic mass is 10.2. The van der Waals surface area contributed by atoms with Crippen molar-refractivity contribution in [1.82, 2.24) is 15.6 Å². The topological polar surface area (TPSA) is 92.3 Å². The van der Waals surface area contributed by atoms with Crippen molar-refractivity contribution >= 4 is 40.2 Å². The van der Waals surface area contributed by atoms with E-state index in [1.54, 1.807) is 18.2 Å². The van der Waals surface area contributed by atoms with E-state index >= 15 is 0 Å². The Bertz CT molecular complexity index is 1190. The number of halogens is 3. The van der Waals surface area contributed by atoms with Crippen LogP contribution in [-0.4, -0.2) is 36.2 Å². The minimum absolute atomic E-state index is 0.00499. The number of fused-ring (bicyclic) bond motifs is 1. The van der Waals surface area contributed by atoms with E-state index in [0.717, 1.165) is 5.39 Å². The van der Waals surface area contributed by atoms with Crippen molar-refractivity contribution in [2.75, 3.05) is 18.5 Å². The Balaban J connectivity index is 1.46. The van der Waals surface area contributed by atoms with Crippen molar-refractivity contribution in [3.05, 3.63) is 83.5 Å². The Morgan fingerprint density at radius 3 is 2.79 bits per heavy atom. The van der Waals surface area contributed by atoms with E-state index in [2.05, 4.69) is 27.5 Å². The van der Waals surface area contributed by atoms with Gasteiger partial charge in [0, 0.05) is 18.1 Å². The Kier molecular flexibility index (Phi) is 8.89. The molecule has 2 amide bonds. The fourth-order valence-corrected chi connectivity index (χ4v) is 3.33. The summed E-state index contributed by atoms with van der Waals surface area (Å²) in [4.78, 5) is 28.5. The average Bonchev–Trinajstić information content (AvgIpc) is 2.80. The van der Waals surface area contributed by atoms with Crippen LogP contribution in [0, 0.1) is 11.6 Å². The number of benzene rings is 2. The van der Waals surface area contributed by atoms with Crippen LogP contribution in [0.3, 0.4) is 0 Å². The average molecular weight is 489 g/mol. The van der Waals surface area contributed by atoms with Gasteiger partial charge in [-0.2, -0.15) is 0 Å². The molecule has 0 unspecified atom stereocenters. The number of aromatic nitrogens is 1. The number of anilines is 1. The molecule has 0 aliphatic carbocycles. The van der Waals surface area contributed by atoms with Crippen LogP contribution in [0.25, 0.3) is 10.8 Å². The van der Waals surface area contributed by atoms with Crippen LogP contribution in [0.2, 0.25) is 5.02 Å². The van der Waals surface area contributed by atoms with Crippen LogP contribution < -0.4 is 16.0 Å². The molecule has 2 aromatic carbocycles. The number of rotatable bonds is 10. The maximum atomic E-state index is 13.5. The molecule has 7 nitrogen and oxygen atoms in total. The van der Waals surface area contributed by atoms with Gasteiger partial charge >= 0.3 is 6.09 Å². The molecule has 10 heteroatoms. The minimum Gasteiger partial charge on any atom is -0.447 e. The van der Waals surface area contributed by atoms with Gasteiger partial charge in [-0.05, 0) is 47.7 Å². The molecular weight excluding hydrogens is 466 g/mol. The third-order valence-electron chi connectivity index (χ3n) is 4.78. The summed E-state index contributed by atoms with van der Waals surface area (Å²) in [5.41, 5.74) is 0.530. The van der Waals surface area contributed by atoms with Crippen LogP contribution in [-0.2, 0) is 16.1 Å². The standard InChI is InChI=1S/C24H23ClF2N4O3/c1-2-4-19(30-22(32)13-28-11-16-5-3-6-20(27)23(16)25)14-34-24(33)31-21-10-17-9-18(26)8-7-15(17)12-29-21/h2-3,5-10,12,19,28H,1,4,11,13-14H2,(H,30,32)(H,29,31,33)/t19-/m0/s1. The van der Waals surface area contributed by atoms with Gasteiger partial charge in [0.2, 0.25) is 5.91 Å². The van der Waals surface area contributed by atoms with Crippen LogP contribution in [0.15, 0.2) is 61.3 Å². The van der Waals surface area contributed by atoms with Crippen molar-refractivity contribution < 1.29 is 23.1 Å². The SMILES string of the molecule is C=CC[C@@H](COC(=O)Nc1cc2cc(F)ccc2cn1)NC(=O)CNCc1cccc(F)c1Cl. The zero-order chi connectivity index (χ0) is 24.5. The van der Waals surface area contributed by atoms with Gasteiger partial charge in [0.25, 0.3) is 0 Å². The second-order valence-electron chi connectivity index (χ2n) is 7.39. The van der Waals surface area contributed by atoms with E-state index in [0.29, 0.717) is 17.4 Å². The van der Waals surface area contributed by atoms with E-state index in [-0.39, 0.29) is 36.4 Å². The molecule has 178 valence electrons. The molecule has 34 heavy (non-hydrogen) atoms. The van der Waals surface area contributed by atoms with E-state index < -0.39 is 23.8 Å². The molecule has 0 spiro atoms. The number of amides is 2. The molecule has 0 aliphatic rings. The second-order valence-corrected chi connectivity index (χ2v) is 7.77. The van der Waals surface area contributed by atoms with E-state index in [9.17, 15) is 18.4 Å². The highest BCUT2D eigenvalue weighted by atomic mass is 35.5. The van der Waals surface area contributed by atoms with E-state index in [1.165, 1.54) is 36.5 Å². The van der Waals surface area contributed by atoms with Crippen LogP contribution in [0.5, 0.6) is 0 Å². The summed E-state index contributed by atoms with van der Waals surface area (Å²) in [6.07, 6.45) is 2.69. The van der Waals surface area contributed by atoms with E-state index in [4.69, 9.17) is 16.3 Å². The number of hydrogen-bond donors (Lipinski definition) is 3. The first-order chi connectivity index (χ1) is 16.4. The third kappa shape index (κ3) is 7.23. The summed E-state index contributed by atoms with van der Waals surface area (Å²) < 4.78 is 32.1. The zero-order valence-corrected chi connectivity index (χ0v) is 18.9. The molecule has 1 heterocycles. The molecule has 0 bridgehead atoms. The number of pyridine rings is 1. The van der Waals surface area contributed by atoms with Crippen molar-refractivity contribution in [3.8, 4) is 0 Å². The molecule has 1 aromatic heterocycles.